The highest BCUT2D eigenvalue weighted by Gasteiger charge is 2.14. The van der Waals surface area contributed by atoms with Gasteiger partial charge in [-0.15, -0.1) is 0 Å². The zero-order chi connectivity index (χ0) is 24.6. The normalized spacial score (nSPS) is 10.8. The van der Waals surface area contributed by atoms with Gasteiger partial charge in [0.25, 0.3) is 5.91 Å². The average molecular weight is 485 g/mol. The van der Waals surface area contributed by atoms with Gasteiger partial charge in [-0.3, -0.25) is 4.79 Å². The summed E-state index contributed by atoms with van der Waals surface area (Å²) in [5.41, 5.74) is 3.84. The molecule has 4 aromatic rings. The van der Waals surface area contributed by atoms with Crippen LogP contribution in [0.1, 0.15) is 26.3 Å². The maximum Gasteiger partial charge on any atom is 0.343 e. The first-order valence-corrected chi connectivity index (χ1v) is 11.1. The number of nitrogens with zero attached hydrogens (tertiary/aromatic N) is 1. The van der Waals surface area contributed by atoms with Crippen molar-refractivity contribution in [3.63, 3.8) is 0 Å². The molecule has 0 aliphatic carbocycles. The lowest BCUT2D eigenvalue weighted by atomic mass is 10.0. The minimum Gasteiger partial charge on any atom is -0.490 e. The molecule has 0 bridgehead atoms. The van der Waals surface area contributed by atoms with Gasteiger partial charge in [0.2, 0.25) is 0 Å². The molecule has 0 spiro atoms. The Balaban J connectivity index is 1.55. The molecule has 0 radical (unpaired) electrons. The minimum absolute atomic E-state index is 0.311. The number of carbonyl (C=O) groups is 2. The molecule has 174 valence electrons. The van der Waals surface area contributed by atoms with Crippen LogP contribution in [-0.4, -0.2) is 24.7 Å². The fourth-order valence-electron chi connectivity index (χ4n) is 3.32. The third-order valence-electron chi connectivity index (χ3n) is 5.06. The summed E-state index contributed by atoms with van der Waals surface area (Å²) in [6.07, 6.45) is 3.11. The van der Waals surface area contributed by atoms with Gasteiger partial charge in [-0.05, 0) is 65.4 Å². The van der Waals surface area contributed by atoms with Gasteiger partial charge in [0, 0.05) is 16.1 Å². The van der Waals surface area contributed by atoms with Crippen LogP contribution in [-0.2, 0) is 0 Å². The molecular weight excluding hydrogens is 464 g/mol. The molecule has 0 saturated heterocycles. The summed E-state index contributed by atoms with van der Waals surface area (Å²) in [7, 11) is 0. The molecule has 7 heteroatoms. The fraction of sp³-hybridized carbons (Fsp3) is 0.0357. The molecule has 0 fully saturated rings. The molecule has 0 saturated carbocycles. The van der Waals surface area contributed by atoms with Crippen LogP contribution in [0.3, 0.4) is 0 Å². The van der Waals surface area contributed by atoms with E-state index in [9.17, 15) is 9.59 Å². The first kappa shape index (κ1) is 23.7. The first-order chi connectivity index (χ1) is 17.0. The summed E-state index contributed by atoms with van der Waals surface area (Å²) < 4.78 is 11.1. The van der Waals surface area contributed by atoms with E-state index in [0.717, 1.165) is 10.8 Å². The fourth-order valence-corrected chi connectivity index (χ4v) is 3.45. The number of halogens is 1. The average Bonchev–Trinajstić information content (AvgIpc) is 2.89. The third kappa shape index (κ3) is 5.93. The predicted octanol–water partition coefficient (Wildman–Crippen LogP) is 6.04. The molecule has 0 atom stereocenters. The number of fused-ring (bicyclic) bond motifs is 1. The first-order valence-electron chi connectivity index (χ1n) is 10.7. The van der Waals surface area contributed by atoms with Crippen molar-refractivity contribution < 1.29 is 19.1 Å². The van der Waals surface area contributed by atoms with Gasteiger partial charge in [-0.2, -0.15) is 5.10 Å². The topological polar surface area (TPSA) is 77.0 Å². The maximum atomic E-state index is 12.7. The Morgan fingerprint density at radius 2 is 1.63 bits per heavy atom. The summed E-state index contributed by atoms with van der Waals surface area (Å²) in [6, 6.07) is 24.2. The van der Waals surface area contributed by atoms with Crippen molar-refractivity contribution in [3.05, 3.63) is 119 Å². The smallest absolute Gasteiger partial charge is 0.343 e. The van der Waals surface area contributed by atoms with Crippen LogP contribution in [0, 0.1) is 0 Å². The minimum atomic E-state index is -0.533. The van der Waals surface area contributed by atoms with Crippen molar-refractivity contribution in [2.75, 3.05) is 6.61 Å². The van der Waals surface area contributed by atoms with Crippen LogP contribution in [0.25, 0.3) is 10.8 Å². The molecule has 0 heterocycles. The third-order valence-corrected chi connectivity index (χ3v) is 5.31. The van der Waals surface area contributed by atoms with Crippen LogP contribution >= 0.6 is 11.6 Å². The van der Waals surface area contributed by atoms with E-state index in [4.69, 9.17) is 21.1 Å². The van der Waals surface area contributed by atoms with E-state index in [1.54, 1.807) is 60.7 Å². The zero-order valence-electron chi connectivity index (χ0n) is 18.6. The van der Waals surface area contributed by atoms with E-state index in [2.05, 4.69) is 17.1 Å². The highest BCUT2D eigenvalue weighted by Crippen LogP contribution is 2.27. The van der Waals surface area contributed by atoms with E-state index in [0.29, 0.717) is 39.8 Å². The van der Waals surface area contributed by atoms with Crippen molar-refractivity contribution in [2.24, 2.45) is 5.10 Å². The lowest BCUT2D eigenvalue weighted by Crippen LogP contribution is -2.17. The van der Waals surface area contributed by atoms with E-state index in [1.165, 1.54) is 6.21 Å². The summed E-state index contributed by atoms with van der Waals surface area (Å²) >= 11 is 5.91. The zero-order valence-corrected chi connectivity index (χ0v) is 19.4. The lowest BCUT2D eigenvalue weighted by Gasteiger charge is -2.11. The molecule has 6 nitrogen and oxygen atoms in total. The van der Waals surface area contributed by atoms with Gasteiger partial charge in [0.15, 0.2) is 0 Å². The van der Waals surface area contributed by atoms with Gasteiger partial charge in [-0.1, -0.05) is 54.6 Å². The molecule has 0 aromatic heterocycles. The molecular formula is C28H21ClN2O4. The van der Waals surface area contributed by atoms with Crippen molar-refractivity contribution in [2.45, 2.75) is 0 Å². The Morgan fingerprint density at radius 3 is 2.37 bits per heavy atom. The monoisotopic (exact) mass is 484 g/mol. The van der Waals surface area contributed by atoms with Gasteiger partial charge < -0.3 is 9.47 Å². The number of nitrogens with one attached hydrogen (secondary N) is 1. The molecule has 0 unspecified atom stereocenters. The molecule has 1 amide bonds. The highest BCUT2D eigenvalue weighted by atomic mass is 35.5. The molecule has 4 aromatic carbocycles. The van der Waals surface area contributed by atoms with Gasteiger partial charge in [0.1, 0.15) is 18.1 Å². The molecule has 35 heavy (non-hydrogen) atoms. The Labute approximate surface area is 207 Å². The molecule has 1 N–H and O–H groups in total. The van der Waals surface area contributed by atoms with Crippen molar-refractivity contribution in [1.29, 1.82) is 0 Å². The maximum absolute atomic E-state index is 12.7. The van der Waals surface area contributed by atoms with Crippen LogP contribution in [0.15, 0.2) is 103 Å². The van der Waals surface area contributed by atoms with Crippen LogP contribution < -0.4 is 14.9 Å². The van der Waals surface area contributed by atoms with Crippen molar-refractivity contribution >= 4 is 40.5 Å². The van der Waals surface area contributed by atoms with Gasteiger partial charge in [-0.25, -0.2) is 10.2 Å². The number of amides is 1. The van der Waals surface area contributed by atoms with Crippen molar-refractivity contribution in [1.82, 2.24) is 5.43 Å². The number of hydrazone groups is 1. The summed E-state index contributed by atoms with van der Waals surface area (Å²) in [4.78, 5) is 25.2. The molecule has 4 rings (SSSR count). The highest BCUT2D eigenvalue weighted by molar-refractivity contribution is 6.30. The van der Waals surface area contributed by atoms with E-state index < -0.39 is 11.9 Å². The van der Waals surface area contributed by atoms with E-state index >= 15 is 0 Å². The van der Waals surface area contributed by atoms with E-state index in [-0.39, 0.29) is 0 Å². The van der Waals surface area contributed by atoms with E-state index in [1.807, 2.05) is 30.3 Å². The Bertz CT molecular complexity index is 1400. The second-order valence-electron chi connectivity index (χ2n) is 7.42. The summed E-state index contributed by atoms with van der Waals surface area (Å²) in [5, 5.41) is 6.38. The summed E-state index contributed by atoms with van der Waals surface area (Å²) in [5.74, 6) is 0.0177. The summed E-state index contributed by atoms with van der Waals surface area (Å²) in [6.45, 7) is 3.98. The Morgan fingerprint density at radius 1 is 0.914 bits per heavy atom. The van der Waals surface area contributed by atoms with Gasteiger partial charge in [0.05, 0.1) is 11.8 Å². The second-order valence-corrected chi connectivity index (χ2v) is 7.85. The SMILES string of the molecule is C=CCOc1ccc(C(=O)NN=Cc2c(OC(=O)c3ccc(Cl)cc3)ccc3ccccc23)cc1. The lowest BCUT2D eigenvalue weighted by molar-refractivity contribution is 0.0734. The Kier molecular flexibility index (Phi) is 7.55. The van der Waals surface area contributed by atoms with Crippen LogP contribution in [0.4, 0.5) is 0 Å². The molecule has 0 aliphatic rings. The second kappa shape index (κ2) is 11.1. The number of hydrogen-bond acceptors (Lipinski definition) is 5. The number of carbonyl (C=O) groups excluding carboxylic acids is 2. The van der Waals surface area contributed by atoms with Crippen LogP contribution in [0.5, 0.6) is 11.5 Å². The van der Waals surface area contributed by atoms with Crippen LogP contribution in [0.2, 0.25) is 5.02 Å². The largest absolute Gasteiger partial charge is 0.490 e. The Hall–Kier alpha value is -4.42. The number of ether oxygens (including phenoxy) is 2. The number of benzene rings is 4. The number of hydrogen-bond donors (Lipinski definition) is 1. The predicted molar refractivity (Wildman–Crippen MR) is 138 cm³/mol. The molecule has 0 aliphatic heterocycles. The quantitative estimate of drug-likeness (QED) is 0.109. The van der Waals surface area contributed by atoms with Crippen molar-refractivity contribution in [3.8, 4) is 11.5 Å². The standard InChI is InChI=1S/C28H21ClN2O4/c1-2-17-34-23-14-9-20(10-15-23)27(32)31-30-18-25-24-6-4-3-5-19(24)11-16-26(25)35-28(33)21-7-12-22(29)13-8-21/h2-16,18H,1,17H2,(H,31,32). The number of rotatable bonds is 8. The van der Waals surface area contributed by atoms with Gasteiger partial charge >= 0.3 is 5.97 Å². The number of esters is 1.